The molecule has 0 saturated heterocycles. The summed E-state index contributed by atoms with van der Waals surface area (Å²) in [4.78, 5) is 0.217. The van der Waals surface area contributed by atoms with E-state index in [2.05, 4.69) is 6.92 Å². The van der Waals surface area contributed by atoms with Gasteiger partial charge in [0.2, 0.25) is 0 Å². The molecule has 20 heavy (non-hydrogen) atoms. The van der Waals surface area contributed by atoms with Crippen molar-refractivity contribution in [3.8, 4) is 0 Å². The van der Waals surface area contributed by atoms with E-state index in [0.717, 1.165) is 25.0 Å². The van der Waals surface area contributed by atoms with Crippen LogP contribution in [0.4, 0.5) is 13.2 Å². The Morgan fingerprint density at radius 1 is 1.30 bits per heavy atom. The van der Waals surface area contributed by atoms with Crippen molar-refractivity contribution in [2.24, 2.45) is 11.7 Å². The fourth-order valence-electron chi connectivity index (χ4n) is 2.57. The van der Waals surface area contributed by atoms with Crippen LogP contribution < -0.4 is 5.73 Å². The largest absolute Gasteiger partial charge is 0.416 e. The van der Waals surface area contributed by atoms with E-state index in [1.54, 1.807) is 0 Å². The molecule has 2 N–H and O–H groups in total. The van der Waals surface area contributed by atoms with Crippen molar-refractivity contribution in [3.63, 3.8) is 0 Å². The van der Waals surface area contributed by atoms with E-state index in [9.17, 15) is 17.4 Å². The minimum atomic E-state index is -4.41. The standard InChI is InChI=1S/C14H18F3NOS/c1-9-5-6-12(18)13(7-9)20(19)11-4-2-3-10(8-11)14(15,16)17/h2-4,8-9,12-13H,5-7,18H2,1H3. The first kappa shape index (κ1) is 15.5. The first-order valence-electron chi connectivity index (χ1n) is 6.62. The number of benzene rings is 1. The number of alkyl halides is 3. The van der Waals surface area contributed by atoms with Crippen molar-refractivity contribution in [2.75, 3.05) is 0 Å². The van der Waals surface area contributed by atoms with Gasteiger partial charge in [-0.15, -0.1) is 0 Å². The predicted molar refractivity (Wildman–Crippen MR) is 72.6 cm³/mol. The first-order chi connectivity index (χ1) is 9.29. The Kier molecular flexibility index (Phi) is 4.54. The van der Waals surface area contributed by atoms with Crippen molar-refractivity contribution in [1.29, 1.82) is 0 Å². The highest BCUT2D eigenvalue weighted by Gasteiger charge is 2.34. The van der Waals surface area contributed by atoms with E-state index < -0.39 is 22.5 Å². The molecule has 1 aromatic carbocycles. The molecule has 1 aromatic rings. The van der Waals surface area contributed by atoms with Gasteiger partial charge in [-0.1, -0.05) is 13.0 Å². The van der Waals surface area contributed by atoms with E-state index in [0.29, 0.717) is 12.3 Å². The third kappa shape index (κ3) is 3.41. The summed E-state index contributed by atoms with van der Waals surface area (Å²) in [5.41, 5.74) is 5.22. The van der Waals surface area contributed by atoms with Crippen LogP contribution in [0.2, 0.25) is 0 Å². The van der Waals surface area contributed by atoms with Crippen LogP contribution in [0.5, 0.6) is 0 Å². The highest BCUT2D eigenvalue weighted by atomic mass is 32.2. The smallest absolute Gasteiger partial charge is 0.327 e. The second kappa shape index (κ2) is 5.85. The van der Waals surface area contributed by atoms with Crippen LogP contribution in [0.3, 0.4) is 0 Å². The van der Waals surface area contributed by atoms with Gasteiger partial charge in [-0.05, 0) is 43.4 Å². The summed E-state index contributed by atoms with van der Waals surface area (Å²) >= 11 is 0. The highest BCUT2D eigenvalue weighted by molar-refractivity contribution is 7.85. The summed E-state index contributed by atoms with van der Waals surface area (Å²) in [5.74, 6) is 0.412. The molecule has 0 heterocycles. The minimum absolute atomic E-state index is 0.207. The van der Waals surface area contributed by atoms with Crippen molar-refractivity contribution in [3.05, 3.63) is 29.8 Å². The molecule has 1 saturated carbocycles. The Morgan fingerprint density at radius 2 is 2.00 bits per heavy atom. The van der Waals surface area contributed by atoms with Crippen LogP contribution in [-0.2, 0) is 17.0 Å². The van der Waals surface area contributed by atoms with Crippen molar-refractivity contribution in [1.82, 2.24) is 0 Å². The average molecular weight is 305 g/mol. The molecule has 6 heteroatoms. The summed E-state index contributed by atoms with van der Waals surface area (Å²) < 4.78 is 50.6. The fraction of sp³-hybridized carbons (Fsp3) is 0.571. The number of rotatable bonds is 2. The maximum atomic E-state index is 12.7. The number of hydrogen-bond donors (Lipinski definition) is 1. The molecule has 0 aliphatic heterocycles. The van der Waals surface area contributed by atoms with Crippen molar-refractivity contribution < 1.29 is 17.4 Å². The lowest BCUT2D eigenvalue weighted by atomic mass is 9.87. The third-order valence-corrected chi connectivity index (χ3v) is 5.58. The molecule has 0 aromatic heterocycles. The first-order valence-corrected chi connectivity index (χ1v) is 7.83. The van der Waals surface area contributed by atoms with Gasteiger partial charge in [-0.25, -0.2) is 0 Å². The zero-order valence-electron chi connectivity index (χ0n) is 11.2. The van der Waals surface area contributed by atoms with Gasteiger partial charge in [0.1, 0.15) is 0 Å². The highest BCUT2D eigenvalue weighted by Crippen LogP contribution is 2.33. The van der Waals surface area contributed by atoms with Crippen molar-refractivity contribution >= 4 is 10.8 Å². The van der Waals surface area contributed by atoms with E-state index in [4.69, 9.17) is 5.73 Å². The van der Waals surface area contributed by atoms with E-state index in [-0.39, 0.29) is 16.2 Å². The summed E-state index contributed by atoms with van der Waals surface area (Å²) in [6, 6.07) is 4.54. The maximum Gasteiger partial charge on any atom is 0.416 e. The van der Waals surface area contributed by atoms with Crippen LogP contribution in [0.15, 0.2) is 29.2 Å². The molecule has 0 spiro atoms. The van der Waals surface area contributed by atoms with Gasteiger partial charge in [0.05, 0.1) is 21.6 Å². The minimum Gasteiger partial charge on any atom is -0.327 e. The lowest BCUT2D eigenvalue weighted by Gasteiger charge is -2.31. The van der Waals surface area contributed by atoms with E-state index >= 15 is 0 Å². The van der Waals surface area contributed by atoms with Gasteiger partial charge >= 0.3 is 6.18 Å². The van der Waals surface area contributed by atoms with Gasteiger partial charge in [-0.3, -0.25) is 4.21 Å². The maximum absolute atomic E-state index is 12.7. The molecule has 4 unspecified atom stereocenters. The molecule has 1 aliphatic rings. The Labute approximate surface area is 119 Å². The van der Waals surface area contributed by atoms with Gasteiger partial charge in [0.15, 0.2) is 0 Å². The SMILES string of the molecule is CC1CCC(N)C(S(=O)c2cccc(C(F)(F)F)c2)C1. The summed E-state index contributed by atoms with van der Waals surface area (Å²) in [7, 11) is -1.49. The Balaban J connectivity index is 2.24. The zero-order chi connectivity index (χ0) is 14.9. The normalized spacial score (nSPS) is 29.1. The lowest BCUT2D eigenvalue weighted by molar-refractivity contribution is -0.137. The van der Waals surface area contributed by atoms with Crippen LogP contribution >= 0.6 is 0 Å². The van der Waals surface area contributed by atoms with Crippen molar-refractivity contribution in [2.45, 2.75) is 48.5 Å². The van der Waals surface area contributed by atoms with Crippen LogP contribution in [-0.4, -0.2) is 15.5 Å². The molecule has 0 amide bonds. The van der Waals surface area contributed by atoms with Gasteiger partial charge < -0.3 is 5.73 Å². The van der Waals surface area contributed by atoms with Gasteiger partial charge in [-0.2, -0.15) is 13.2 Å². The zero-order valence-corrected chi connectivity index (χ0v) is 12.0. The second-order valence-corrected chi connectivity index (χ2v) is 7.12. The Hall–Kier alpha value is -0.880. The summed E-state index contributed by atoms with van der Waals surface area (Å²) in [6.07, 6.45) is -1.96. The molecule has 2 nitrogen and oxygen atoms in total. The molecule has 1 fully saturated rings. The summed E-state index contributed by atoms with van der Waals surface area (Å²) in [5, 5.41) is -0.262. The van der Waals surface area contributed by atoms with Gasteiger partial charge in [0, 0.05) is 10.9 Å². The lowest BCUT2D eigenvalue weighted by Crippen LogP contribution is -2.42. The number of halogens is 3. The van der Waals surface area contributed by atoms with E-state index in [1.165, 1.54) is 12.1 Å². The molecule has 0 radical (unpaired) electrons. The number of hydrogen-bond acceptors (Lipinski definition) is 2. The van der Waals surface area contributed by atoms with Crippen LogP contribution in [0, 0.1) is 5.92 Å². The molecule has 1 aliphatic carbocycles. The second-order valence-electron chi connectivity index (χ2n) is 5.44. The van der Waals surface area contributed by atoms with Gasteiger partial charge in [0.25, 0.3) is 0 Å². The molecule has 4 atom stereocenters. The molecular weight excluding hydrogens is 287 g/mol. The van der Waals surface area contributed by atoms with E-state index in [1.807, 2.05) is 0 Å². The van der Waals surface area contributed by atoms with Crippen LogP contribution in [0.25, 0.3) is 0 Å². The predicted octanol–water partition coefficient (Wildman–Crippen LogP) is 3.33. The molecule has 2 rings (SSSR count). The fourth-order valence-corrected chi connectivity index (χ4v) is 4.33. The number of nitrogens with two attached hydrogens (primary N) is 1. The quantitative estimate of drug-likeness (QED) is 0.911. The molecule has 112 valence electrons. The van der Waals surface area contributed by atoms with Crippen LogP contribution in [0.1, 0.15) is 31.7 Å². The Bertz CT molecular complexity index is 503. The average Bonchev–Trinajstić information content (AvgIpc) is 2.40. The monoisotopic (exact) mass is 305 g/mol. The topological polar surface area (TPSA) is 43.1 Å². The summed E-state index contributed by atoms with van der Waals surface area (Å²) in [6.45, 7) is 2.06. The molecule has 0 bridgehead atoms. The Morgan fingerprint density at radius 3 is 2.65 bits per heavy atom. The third-order valence-electron chi connectivity index (χ3n) is 3.77. The molecular formula is C14H18F3NOS.